The molecular formula is C13H20N2O2. The van der Waals surface area contributed by atoms with Crippen molar-refractivity contribution in [3.05, 3.63) is 35.4 Å². The second-order valence-electron chi connectivity index (χ2n) is 4.78. The number of carbonyl (C=O) groups excluding carboxylic acids is 1. The average Bonchev–Trinajstić information content (AvgIpc) is 2.27. The highest BCUT2D eigenvalue weighted by Crippen LogP contribution is 2.10. The molecule has 1 aromatic carbocycles. The Hall–Kier alpha value is -1.39. The Morgan fingerprint density at radius 2 is 2.18 bits per heavy atom. The lowest BCUT2D eigenvalue weighted by Gasteiger charge is -2.25. The van der Waals surface area contributed by atoms with E-state index in [0.29, 0.717) is 18.5 Å². The Morgan fingerprint density at radius 1 is 1.47 bits per heavy atom. The van der Waals surface area contributed by atoms with Crippen molar-refractivity contribution in [1.29, 1.82) is 0 Å². The quantitative estimate of drug-likeness (QED) is 0.690. The van der Waals surface area contributed by atoms with Crippen LogP contribution in [0.4, 0.5) is 0 Å². The highest BCUT2D eigenvalue weighted by atomic mass is 16.3. The number of rotatable bonds is 6. The summed E-state index contributed by atoms with van der Waals surface area (Å²) in [5, 5.41) is 12.2. The van der Waals surface area contributed by atoms with Gasteiger partial charge in [0.05, 0.1) is 0 Å². The van der Waals surface area contributed by atoms with Crippen LogP contribution in [0.5, 0.6) is 0 Å². The van der Waals surface area contributed by atoms with Gasteiger partial charge in [-0.15, -0.1) is 0 Å². The number of carbonyl (C=O) groups is 1. The van der Waals surface area contributed by atoms with Crippen LogP contribution < -0.4 is 11.1 Å². The van der Waals surface area contributed by atoms with Crippen LogP contribution in [-0.4, -0.2) is 23.2 Å². The summed E-state index contributed by atoms with van der Waals surface area (Å²) in [6, 6.07) is 7.24. The number of hydrogen-bond acceptors (Lipinski definition) is 3. The smallest absolute Gasteiger partial charge is 0.248 e. The van der Waals surface area contributed by atoms with Crippen molar-refractivity contribution in [3.63, 3.8) is 0 Å². The van der Waals surface area contributed by atoms with Crippen molar-refractivity contribution in [2.45, 2.75) is 32.4 Å². The minimum Gasteiger partial charge on any atom is -0.396 e. The van der Waals surface area contributed by atoms with Crippen LogP contribution in [0.2, 0.25) is 0 Å². The van der Waals surface area contributed by atoms with E-state index >= 15 is 0 Å². The molecule has 1 amide bonds. The van der Waals surface area contributed by atoms with E-state index in [4.69, 9.17) is 10.8 Å². The first-order valence-corrected chi connectivity index (χ1v) is 5.69. The van der Waals surface area contributed by atoms with E-state index in [2.05, 4.69) is 5.32 Å². The molecule has 0 spiro atoms. The number of nitrogens with one attached hydrogen (secondary N) is 1. The molecule has 0 saturated heterocycles. The predicted octanol–water partition coefficient (Wildman–Crippen LogP) is 1.04. The van der Waals surface area contributed by atoms with Gasteiger partial charge < -0.3 is 16.2 Å². The van der Waals surface area contributed by atoms with Crippen LogP contribution in [-0.2, 0) is 6.54 Å². The van der Waals surface area contributed by atoms with Gasteiger partial charge in [0.25, 0.3) is 0 Å². The van der Waals surface area contributed by atoms with E-state index in [-0.39, 0.29) is 12.1 Å². The Kier molecular flexibility index (Phi) is 4.66. The molecule has 4 nitrogen and oxygen atoms in total. The van der Waals surface area contributed by atoms with Crippen LogP contribution in [0.3, 0.4) is 0 Å². The molecule has 0 saturated carbocycles. The van der Waals surface area contributed by atoms with Gasteiger partial charge in [-0.05, 0) is 38.0 Å². The normalized spacial score (nSPS) is 11.5. The van der Waals surface area contributed by atoms with E-state index < -0.39 is 5.91 Å². The fraction of sp³-hybridized carbons (Fsp3) is 0.462. The summed E-state index contributed by atoms with van der Waals surface area (Å²) in [5.74, 6) is -0.415. The molecule has 1 rings (SSSR count). The average molecular weight is 236 g/mol. The van der Waals surface area contributed by atoms with E-state index in [1.54, 1.807) is 12.1 Å². The summed E-state index contributed by atoms with van der Waals surface area (Å²) in [5.41, 5.74) is 6.62. The maximum atomic E-state index is 11.0. The number of amides is 1. The second-order valence-corrected chi connectivity index (χ2v) is 4.78. The molecule has 0 unspecified atom stereocenters. The zero-order chi connectivity index (χ0) is 12.9. The molecule has 17 heavy (non-hydrogen) atoms. The van der Waals surface area contributed by atoms with Gasteiger partial charge >= 0.3 is 0 Å². The third kappa shape index (κ3) is 4.54. The summed E-state index contributed by atoms with van der Waals surface area (Å²) in [4.78, 5) is 11.0. The maximum absolute atomic E-state index is 11.0. The summed E-state index contributed by atoms with van der Waals surface area (Å²) < 4.78 is 0. The lowest BCUT2D eigenvalue weighted by Crippen LogP contribution is -2.39. The summed E-state index contributed by atoms with van der Waals surface area (Å²) in [6.45, 7) is 4.86. The van der Waals surface area contributed by atoms with Crippen LogP contribution in [0.25, 0.3) is 0 Å². The van der Waals surface area contributed by atoms with E-state index in [1.807, 2.05) is 26.0 Å². The van der Waals surface area contributed by atoms with Gasteiger partial charge in [-0.3, -0.25) is 4.79 Å². The molecule has 1 aromatic rings. The van der Waals surface area contributed by atoms with Gasteiger partial charge in [0.2, 0.25) is 5.91 Å². The molecule has 0 heterocycles. The molecule has 0 bridgehead atoms. The molecule has 0 aliphatic heterocycles. The molecule has 0 fully saturated rings. The topological polar surface area (TPSA) is 75.3 Å². The molecule has 0 aliphatic rings. The van der Waals surface area contributed by atoms with Crippen LogP contribution in [0, 0.1) is 0 Å². The van der Waals surface area contributed by atoms with Gasteiger partial charge in [-0.25, -0.2) is 0 Å². The third-order valence-corrected chi connectivity index (χ3v) is 2.72. The minimum absolute atomic E-state index is 0.128. The van der Waals surface area contributed by atoms with Gasteiger partial charge in [0.15, 0.2) is 0 Å². The second kappa shape index (κ2) is 5.80. The number of primary amides is 1. The van der Waals surface area contributed by atoms with Crippen molar-refractivity contribution in [2.75, 3.05) is 6.61 Å². The summed E-state index contributed by atoms with van der Waals surface area (Å²) in [7, 11) is 0. The lowest BCUT2D eigenvalue weighted by molar-refractivity contribution is 0.1000. The van der Waals surface area contributed by atoms with Crippen LogP contribution in [0.15, 0.2) is 24.3 Å². The highest BCUT2D eigenvalue weighted by Gasteiger charge is 2.15. The number of aliphatic hydroxyl groups is 1. The first-order valence-electron chi connectivity index (χ1n) is 5.69. The minimum atomic E-state index is -0.415. The molecule has 0 radical (unpaired) electrons. The largest absolute Gasteiger partial charge is 0.396 e. The number of benzene rings is 1. The zero-order valence-electron chi connectivity index (χ0n) is 10.4. The third-order valence-electron chi connectivity index (χ3n) is 2.72. The van der Waals surface area contributed by atoms with Gasteiger partial charge in [0.1, 0.15) is 0 Å². The predicted molar refractivity (Wildman–Crippen MR) is 67.6 cm³/mol. The van der Waals surface area contributed by atoms with E-state index in [0.717, 1.165) is 5.56 Å². The maximum Gasteiger partial charge on any atom is 0.248 e. The first kappa shape index (κ1) is 13.7. The molecule has 0 atom stereocenters. The molecule has 0 aromatic heterocycles. The fourth-order valence-electron chi connectivity index (χ4n) is 1.54. The van der Waals surface area contributed by atoms with Crippen molar-refractivity contribution in [3.8, 4) is 0 Å². The van der Waals surface area contributed by atoms with Crippen molar-refractivity contribution >= 4 is 5.91 Å². The van der Waals surface area contributed by atoms with Crippen molar-refractivity contribution < 1.29 is 9.90 Å². The van der Waals surface area contributed by atoms with Crippen molar-refractivity contribution in [2.24, 2.45) is 5.73 Å². The highest BCUT2D eigenvalue weighted by molar-refractivity contribution is 5.92. The summed E-state index contributed by atoms with van der Waals surface area (Å²) in [6.07, 6.45) is 0.683. The van der Waals surface area contributed by atoms with Crippen LogP contribution in [0.1, 0.15) is 36.2 Å². The standard InChI is InChI=1S/C13H20N2O2/c1-13(2,6-7-16)15-9-10-4-3-5-11(8-10)12(14)17/h3-5,8,15-16H,6-7,9H2,1-2H3,(H2,14,17). The Morgan fingerprint density at radius 3 is 2.76 bits per heavy atom. The summed E-state index contributed by atoms with van der Waals surface area (Å²) >= 11 is 0. The lowest BCUT2D eigenvalue weighted by atomic mass is 10.0. The Balaban J connectivity index is 2.63. The fourth-order valence-corrected chi connectivity index (χ4v) is 1.54. The Bertz CT molecular complexity index is 389. The number of nitrogens with two attached hydrogens (primary N) is 1. The van der Waals surface area contributed by atoms with Crippen LogP contribution >= 0.6 is 0 Å². The van der Waals surface area contributed by atoms with Gasteiger partial charge in [0, 0.05) is 24.3 Å². The monoisotopic (exact) mass is 236 g/mol. The van der Waals surface area contributed by atoms with Gasteiger partial charge in [-0.1, -0.05) is 12.1 Å². The number of hydrogen-bond donors (Lipinski definition) is 3. The van der Waals surface area contributed by atoms with E-state index in [9.17, 15) is 4.79 Å². The molecule has 0 aliphatic carbocycles. The SMILES string of the molecule is CC(C)(CCO)NCc1cccc(C(N)=O)c1. The van der Waals surface area contributed by atoms with Crippen molar-refractivity contribution in [1.82, 2.24) is 5.32 Å². The Labute approximate surface area is 102 Å². The van der Waals surface area contributed by atoms with Gasteiger partial charge in [-0.2, -0.15) is 0 Å². The van der Waals surface area contributed by atoms with E-state index in [1.165, 1.54) is 0 Å². The zero-order valence-corrected chi connectivity index (χ0v) is 10.4. The molecular weight excluding hydrogens is 216 g/mol. The number of aliphatic hydroxyl groups excluding tert-OH is 1. The molecule has 4 heteroatoms. The first-order chi connectivity index (χ1) is 7.94. The molecule has 4 N–H and O–H groups in total. The molecule has 94 valence electrons.